The van der Waals surface area contributed by atoms with Crippen molar-refractivity contribution in [2.45, 2.75) is 50.1 Å². The molecule has 178 valence electrons. The SMILES string of the molecule is COc1ncc(C(=O)N[C@H]2CCC(F)(F)C2)c(N2CC[C@](C)(N)C2)c1-c1cc(F)cc(F)c1. The van der Waals surface area contributed by atoms with E-state index in [2.05, 4.69) is 10.3 Å². The lowest BCUT2D eigenvalue weighted by atomic mass is 9.99. The van der Waals surface area contributed by atoms with Crippen LogP contribution in [0.2, 0.25) is 0 Å². The van der Waals surface area contributed by atoms with Crippen molar-refractivity contribution in [3.63, 3.8) is 0 Å². The average molecular weight is 466 g/mol. The number of nitrogens with two attached hydrogens (primary N) is 1. The molecule has 3 N–H and O–H groups in total. The van der Waals surface area contributed by atoms with Crippen LogP contribution in [0.5, 0.6) is 5.88 Å². The Morgan fingerprint density at radius 1 is 1.24 bits per heavy atom. The van der Waals surface area contributed by atoms with E-state index in [4.69, 9.17) is 10.5 Å². The van der Waals surface area contributed by atoms with Crippen LogP contribution in [0.25, 0.3) is 11.1 Å². The van der Waals surface area contributed by atoms with E-state index in [0.29, 0.717) is 25.2 Å². The normalized spacial score (nSPS) is 24.2. The number of aromatic nitrogens is 1. The maximum atomic E-state index is 14.1. The lowest BCUT2D eigenvalue weighted by molar-refractivity contribution is 0.00711. The first kappa shape index (κ1) is 23.3. The Labute approximate surface area is 189 Å². The molecule has 1 amide bonds. The van der Waals surface area contributed by atoms with E-state index in [9.17, 15) is 22.4 Å². The maximum absolute atomic E-state index is 14.1. The third kappa shape index (κ3) is 4.90. The number of nitrogens with zero attached hydrogens (tertiary/aromatic N) is 2. The van der Waals surface area contributed by atoms with Gasteiger partial charge < -0.3 is 20.7 Å². The highest BCUT2D eigenvalue weighted by Crippen LogP contribution is 2.43. The number of ether oxygens (including phenoxy) is 1. The second-order valence-corrected chi connectivity index (χ2v) is 9.16. The van der Waals surface area contributed by atoms with E-state index in [1.54, 1.807) is 0 Å². The highest BCUT2D eigenvalue weighted by Gasteiger charge is 2.41. The van der Waals surface area contributed by atoms with Crippen LogP contribution in [0.1, 0.15) is 43.0 Å². The number of nitrogens with one attached hydrogen (secondary N) is 1. The summed E-state index contributed by atoms with van der Waals surface area (Å²) in [5.41, 5.74) is 6.58. The van der Waals surface area contributed by atoms with Gasteiger partial charge in [-0.2, -0.15) is 0 Å². The number of methoxy groups -OCH3 is 1. The van der Waals surface area contributed by atoms with E-state index in [-0.39, 0.29) is 35.4 Å². The Balaban J connectivity index is 1.83. The minimum atomic E-state index is -2.82. The number of rotatable bonds is 5. The van der Waals surface area contributed by atoms with Crippen molar-refractivity contribution in [1.29, 1.82) is 0 Å². The fourth-order valence-corrected chi connectivity index (χ4v) is 4.60. The first-order valence-corrected chi connectivity index (χ1v) is 10.7. The molecule has 2 aliphatic rings. The first-order valence-electron chi connectivity index (χ1n) is 10.7. The van der Waals surface area contributed by atoms with Crippen LogP contribution < -0.4 is 20.7 Å². The van der Waals surface area contributed by atoms with Gasteiger partial charge in [0.25, 0.3) is 5.91 Å². The summed E-state index contributed by atoms with van der Waals surface area (Å²) < 4.78 is 60.9. The summed E-state index contributed by atoms with van der Waals surface area (Å²) in [6.45, 7) is 2.72. The summed E-state index contributed by atoms with van der Waals surface area (Å²) in [5, 5.41) is 2.67. The molecule has 1 aliphatic carbocycles. The number of hydrogen-bond donors (Lipinski definition) is 2. The van der Waals surface area contributed by atoms with E-state index in [0.717, 1.165) is 18.2 Å². The summed E-state index contributed by atoms with van der Waals surface area (Å²) in [6, 6.07) is 2.31. The molecule has 33 heavy (non-hydrogen) atoms. The van der Waals surface area contributed by atoms with Gasteiger partial charge in [0.05, 0.1) is 23.9 Å². The Hall–Kier alpha value is -2.88. The summed E-state index contributed by atoms with van der Waals surface area (Å²) >= 11 is 0. The number of anilines is 1. The molecule has 1 saturated carbocycles. The molecular weight excluding hydrogens is 440 g/mol. The number of pyridine rings is 1. The third-order valence-electron chi connectivity index (χ3n) is 6.17. The number of amides is 1. The molecule has 0 spiro atoms. The Morgan fingerprint density at radius 3 is 2.48 bits per heavy atom. The van der Waals surface area contributed by atoms with Gasteiger partial charge in [-0.3, -0.25) is 4.79 Å². The average Bonchev–Trinajstić information content (AvgIpc) is 3.26. The highest BCUT2D eigenvalue weighted by molar-refractivity contribution is 6.04. The minimum Gasteiger partial charge on any atom is -0.480 e. The van der Waals surface area contributed by atoms with Gasteiger partial charge in [0.1, 0.15) is 11.6 Å². The number of hydrogen-bond acceptors (Lipinski definition) is 5. The smallest absolute Gasteiger partial charge is 0.255 e. The molecule has 0 unspecified atom stereocenters. The molecule has 0 radical (unpaired) electrons. The largest absolute Gasteiger partial charge is 0.480 e. The molecule has 2 aromatic rings. The van der Waals surface area contributed by atoms with Crippen molar-refractivity contribution in [2.24, 2.45) is 5.73 Å². The molecule has 2 fully saturated rings. The number of carbonyl (C=O) groups is 1. The molecule has 1 aromatic carbocycles. The van der Waals surface area contributed by atoms with Crippen LogP contribution in [-0.4, -0.2) is 48.6 Å². The first-order chi connectivity index (χ1) is 15.5. The van der Waals surface area contributed by atoms with Crippen molar-refractivity contribution in [3.05, 3.63) is 41.6 Å². The zero-order chi connectivity index (χ0) is 24.0. The summed E-state index contributed by atoms with van der Waals surface area (Å²) in [5.74, 6) is -4.94. The number of benzene rings is 1. The summed E-state index contributed by atoms with van der Waals surface area (Å²) in [6.07, 6.45) is 1.33. The quantitative estimate of drug-likeness (QED) is 0.654. The lowest BCUT2D eigenvalue weighted by Gasteiger charge is -2.27. The minimum absolute atomic E-state index is 0.0737. The fourth-order valence-electron chi connectivity index (χ4n) is 4.60. The molecule has 4 rings (SSSR count). The predicted molar refractivity (Wildman–Crippen MR) is 116 cm³/mol. The van der Waals surface area contributed by atoms with E-state index < -0.39 is 41.5 Å². The molecule has 10 heteroatoms. The molecule has 2 atom stereocenters. The van der Waals surface area contributed by atoms with Crippen molar-refractivity contribution >= 4 is 11.6 Å². The van der Waals surface area contributed by atoms with Crippen molar-refractivity contribution < 1.29 is 27.1 Å². The van der Waals surface area contributed by atoms with Gasteiger partial charge in [0, 0.05) is 49.8 Å². The van der Waals surface area contributed by atoms with Gasteiger partial charge in [0.2, 0.25) is 11.8 Å². The maximum Gasteiger partial charge on any atom is 0.255 e. The zero-order valence-electron chi connectivity index (χ0n) is 18.4. The molecule has 0 bridgehead atoms. The zero-order valence-corrected chi connectivity index (χ0v) is 18.4. The van der Waals surface area contributed by atoms with Gasteiger partial charge >= 0.3 is 0 Å². The Bertz CT molecular complexity index is 1060. The van der Waals surface area contributed by atoms with Crippen LogP contribution in [0.3, 0.4) is 0 Å². The predicted octanol–water partition coefficient (Wildman–Crippen LogP) is 3.88. The van der Waals surface area contributed by atoms with Crippen molar-refractivity contribution in [2.75, 3.05) is 25.1 Å². The molecule has 1 aromatic heterocycles. The van der Waals surface area contributed by atoms with E-state index in [1.165, 1.54) is 13.3 Å². The summed E-state index contributed by atoms with van der Waals surface area (Å²) in [7, 11) is 1.36. The number of halogens is 4. The highest BCUT2D eigenvalue weighted by atomic mass is 19.3. The van der Waals surface area contributed by atoms with Gasteiger partial charge in [0.15, 0.2) is 0 Å². The van der Waals surface area contributed by atoms with Crippen molar-refractivity contribution in [1.82, 2.24) is 10.3 Å². The molecule has 6 nitrogen and oxygen atoms in total. The van der Waals surface area contributed by atoms with Crippen LogP contribution in [0, 0.1) is 11.6 Å². The van der Waals surface area contributed by atoms with Gasteiger partial charge in [-0.25, -0.2) is 22.5 Å². The van der Waals surface area contributed by atoms with E-state index in [1.807, 2.05) is 11.8 Å². The Morgan fingerprint density at radius 2 is 1.94 bits per heavy atom. The van der Waals surface area contributed by atoms with Gasteiger partial charge in [-0.05, 0) is 37.5 Å². The fraction of sp³-hybridized carbons (Fsp3) is 0.478. The van der Waals surface area contributed by atoms with Crippen LogP contribution >= 0.6 is 0 Å². The topological polar surface area (TPSA) is 80.5 Å². The van der Waals surface area contributed by atoms with E-state index >= 15 is 0 Å². The second kappa shape index (κ2) is 8.48. The van der Waals surface area contributed by atoms with Gasteiger partial charge in [-0.1, -0.05) is 0 Å². The van der Waals surface area contributed by atoms with Crippen LogP contribution in [-0.2, 0) is 0 Å². The number of carbonyl (C=O) groups excluding carboxylic acids is 1. The standard InChI is InChI=1S/C23H26F4N4O2/c1-22(28)5-6-31(12-22)19-17(20(32)30-16-3-4-23(26,27)10-16)11-29-21(33-2)18(19)13-7-14(24)9-15(25)8-13/h7-9,11,16H,3-6,10,12,28H2,1-2H3,(H,30,32)/t16-,22-/m0/s1. The summed E-state index contributed by atoms with van der Waals surface area (Å²) in [4.78, 5) is 19.3. The molecule has 1 saturated heterocycles. The monoisotopic (exact) mass is 466 g/mol. The second-order valence-electron chi connectivity index (χ2n) is 9.16. The van der Waals surface area contributed by atoms with Crippen LogP contribution in [0.4, 0.5) is 23.2 Å². The lowest BCUT2D eigenvalue weighted by Crippen LogP contribution is -2.40. The Kier molecular flexibility index (Phi) is 5.98. The van der Waals surface area contributed by atoms with Crippen molar-refractivity contribution in [3.8, 4) is 17.0 Å². The number of alkyl halides is 2. The van der Waals surface area contributed by atoms with Crippen LogP contribution in [0.15, 0.2) is 24.4 Å². The van der Waals surface area contributed by atoms with Gasteiger partial charge in [-0.15, -0.1) is 0 Å². The molecule has 1 aliphatic heterocycles. The third-order valence-corrected chi connectivity index (χ3v) is 6.17. The molecular formula is C23H26F4N4O2. The molecule has 2 heterocycles.